The molecule has 0 aliphatic heterocycles. The van der Waals surface area contributed by atoms with Gasteiger partial charge in [0.1, 0.15) is 18.2 Å². The van der Waals surface area contributed by atoms with Crippen LogP contribution in [0.1, 0.15) is 10.4 Å². The zero-order chi connectivity index (χ0) is 13.4. The first-order valence-electron chi connectivity index (χ1n) is 5.58. The van der Waals surface area contributed by atoms with Crippen LogP contribution in [0.5, 0.6) is 5.75 Å². The molecule has 0 saturated carbocycles. The van der Waals surface area contributed by atoms with Crippen LogP contribution < -0.4 is 15.8 Å². The molecule has 6 heteroatoms. The van der Waals surface area contributed by atoms with Crippen molar-refractivity contribution in [2.24, 2.45) is 5.73 Å². The van der Waals surface area contributed by atoms with Gasteiger partial charge in [-0.15, -0.1) is 0 Å². The average Bonchev–Trinajstić information content (AvgIpc) is 2.37. The van der Waals surface area contributed by atoms with Crippen LogP contribution in [0.15, 0.2) is 18.2 Å². The molecule has 0 aromatic heterocycles. The predicted molar refractivity (Wildman–Crippen MR) is 65.2 cm³/mol. The highest BCUT2D eigenvalue weighted by molar-refractivity contribution is 5.96. The Kier molecular flexibility index (Phi) is 6.10. The third-order valence-corrected chi connectivity index (χ3v) is 2.15. The third kappa shape index (κ3) is 4.31. The van der Waals surface area contributed by atoms with Crippen LogP contribution in [0, 0.1) is 5.82 Å². The van der Waals surface area contributed by atoms with Crippen LogP contribution in [0.25, 0.3) is 0 Å². The van der Waals surface area contributed by atoms with Crippen LogP contribution in [-0.2, 0) is 4.74 Å². The van der Waals surface area contributed by atoms with E-state index in [1.807, 2.05) is 0 Å². The Morgan fingerprint density at radius 3 is 2.89 bits per heavy atom. The van der Waals surface area contributed by atoms with Gasteiger partial charge in [0.2, 0.25) is 0 Å². The van der Waals surface area contributed by atoms with Gasteiger partial charge in [-0.3, -0.25) is 4.79 Å². The van der Waals surface area contributed by atoms with Crippen LogP contribution >= 0.6 is 0 Å². The Balaban J connectivity index is 2.76. The van der Waals surface area contributed by atoms with E-state index in [2.05, 4.69) is 5.32 Å². The largest absolute Gasteiger partial charge is 0.491 e. The van der Waals surface area contributed by atoms with E-state index in [-0.39, 0.29) is 12.2 Å². The molecule has 3 N–H and O–H groups in total. The molecule has 0 saturated heterocycles. The van der Waals surface area contributed by atoms with Crippen molar-refractivity contribution in [3.05, 3.63) is 29.6 Å². The lowest BCUT2D eigenvalue weighted by molar-refractivity contribution is 0.0932. The summed E-state index contributed by atoms with van der Waals surface area (Å²) in [6, 6.07) is 3.78. The summed E-state index contributed by atoms with van der Waals surface area (Å²) in [5.74, 6) is -0.581. The minimum atomic E-state index is -0.494. The summed E-state index contributed by atoms with van der Waals surface area (Å²) in [4.78, 5) is 11.8. The highest BCUT2D eigenvalue weighted by Crippen LogP contribution is 2.19. The Labute approximate surface area is 105 Å². The fourth-order valence-corrected chi connectivity index (χ4v) is 1.34. The number of amides is 1. The topological polar surface area (TPSA) is 73.6 Å². The second-order valence-electron chi connectivity index (χ2n) is 3.53. The van der Waals surface area contributed by atoms with E-state index in [1.54, 1.807) is 0 Å². The molecule has 100 valence electrons. The number of benzene rings is 1. The molecular weight excluding hydrogens is 239 g/mol. The van der Waals surface area contributed by atoms with E-state index in [0.29, 0.717) is 25.4 Å². The van der Waals surface area contributed by atoms with Gasteiger partial charge in [-0.2, -0.15) is 0 Å². The van der Waals surface area contributed by atoms with Crippen LogP contribution in [-0.4, -0.2) is 39.3 Å². The van der Waals surface area contributed by atoms with Crippen molar-refractivity contribution in [2.45, 2.75) is 0 Å². The van der Waals surface area contributed by atoms with Gasteiger partial charge in [-0.25, -0.2) is 4.39 Å². The van der Waals surface area contributed by atoms with Crippen molar-refractivity contribution in [3.8, 4) is 5.75 Å². The van der Waals surface area contributed by atoms with Gasteiger partial charge in [-0.1, -0.05) is 0 Å². The molecule has 0 fully saturated rings. The maximum Gasteiger partial charge on any atom is 0.255 e. The highest BCUT2D eigenvalue weighted by atomic mass is 19.1. The molecule has 1 amide bonds. The zero-order valence-electron chi connectivity index (χ0n) is 10.2. The monoisotopic (exact) mass is 256 g/mol. The van der Waals surface area contributed by atoms with Crippen molar-refractivity contribution in [3.63, 3.8) is 0 Å². The number of hydrogen-bond acceptors (Lipinski definition) is 4. The van der Waals surface area contributed by atoms with Gasteiger partial charge in [0.05, 0.1) is 12.2 Å². The summed E-state index contributed by atoms with van der Waals surface area (Å²) < 4.78 is 23.2. The third-order valence-electron chi connectivity index (χ3n) is 2.15. The van der Waals surface area contributed by atoms with E-state index in [4.69, 9.17) is 15.2 Å². The summed E-state index contributed by atoms with van der Waals surface area (Å²) in [5, 5.41) is 2.60. The van der Waals surface area contributed by atoms with Crippen molar-refractivity contribution in [2.75, 3.05) is 33.4 Å². The molecule has 18 heavy (non-hydrogen) atoms. The Hall–Kier alpha value is -1.66. The lowest BCUT2D eigenvalue weighted by Crippen LogP contribution is -2.27. The van der Waals surface area contributed by atoms with Gasteiger partial charge in [0.15, 0.2) is 0 Å². The van der Waals surface area contributed by atoms with Crippen molar-refractivity contribution in [1.82, 2.24) is 5.32 Å². The Morgan fingerprint density at radius 1 is 1.44 bits per heavy atom. The van der Waals surface area contributed by atoms with Crippen molar-refractivity contribution < 1.29 is 18.7 Å². The molecule has 0 atom stereocenters. The van der Waals surface area contributed by atoms with E-state index in [0.717, 1.165) is 6.07 Å². The number of hydrogen-bond donors (Lipinski definition) is 2. The lowest BCUT2D eigenvalue weighted by Gasteiger charge is -2.11. The number of halogens is 1. The molecule has 1 aromatic rings. The maximum atomic E-state index is 13.1. The first-order valence-corrected chi connectivity index (χ1v) is 5.58. The minimum Gasteiger partial charge on any atom is -0.491 e. The molecule has 1 rings (SSSR count). The molecular formula is C12H17FN2O3. The number of nitrogens with one attached hydrogen (secondary N) is 1. The molecule has 0 radical (unpaired) electrons. The molecule has 0 aliphatic carbocycles. The molecule has 0 bridgehead atoms. The zero-order valence-corrected chi connectivity index (χ0v) is 10.2. The second-order valence-corrected chi connectivity index (χ2v) is 3.53. The molecule has 0 spiro atoms. The fourth-order valence-electron chi connectivity index (χ4n) is 1.34. The first-order chi connectivity index (χ1) is 8.69. The van der Waals surface area contributed by atoms with Crippen LogP contribution in [0.2, 0.25) is 0 Å². The van der Waals surface area contributed by atoms with E-state index >= 15 is 0 Å². The van der Waals surface area contributed by atoms with E-state index < -0.39 is 11.7 Å². The van der Waals surface area contributed by atoms with Crippen LogP contribution in [0.4, 0.5) is 4.39 Å². The molecule has 1 aromatic carbocycles. The van der Waals surface area contributed by atoms with Gasteiger partial charge in [-0.05, 0) is 18.2 Å². The van der Waals surface area contributed by atoms with E-state index in [9.17, 15) is 9.18 Å². The molecule has 5 nitrogen and oxygen atoms in total. The SMILES string of the molecule is COCCNC(=O)c1cc(F)ccc1OCCN. The molecule has 0 aliphatic rings. The summed E-state index contributed by atoms with van der Waals surface area (Å²) in [5.41, 5.74) is 5.47. The van der Waals surface area contributed by atoms with Gasteiger partial charge in [0, 0.05) is 20.2 Å². The standard InChI is InChI=1S/C12H17FN2O3/c1-17-7-5-15-12(16)10-8-9(13)2-3-11(10)18-6-4-14/h2-3,8H,4-7,14H2,1H3,(H,15,16). The highest BCUT2D eigenvalue weighted by Gasteiger charge is 2.13. The smallest absolute Gasteiger partial charge is 0.255 e. The molecule has 0 unspecified atom stereocenters. The number of rotatable bonds is 7. The Bertz CT molecular complexity index is 399. The van der Waals surface area contributed by atoms with Crippen LogP contribution in [0.3, 0.4) is 0 Å². The number of nitrogens with two attached hydrogens (primary N) is 1. The first kappa shape index (κ1) is 14.4. The number of carbonyl (C=O) groups excluding carboxylic acids is 1. The summed E-state index contributed by atoms with van der Waals surface area (Å²) in [6.07, 6.45) is 0. The fraction of sp³-hybridized carbons (Fsp3) is 0.417. The van der Waals surface area contributed by atoms with Gasteiger partial charge in [0.25, 0.3) is 5.91 Å². The number of carbonyl (C=O) groups is 1. The number of ether oxygens (including phenoxy) is 2. The Morgan fingerprint density at radius 2 is 2.22 bits per heavy atom. The van der Waals surface area contributed by atoms with Crippen molar-refractivity contribution >= 4 is 5.91 Å². The summed E-state index contributed by atoms with van der Waals surface area (Å²) in [6.45, 7) is 1.33. The number of methoxy groups -OCH3 is 1. The predicted octanol–water partition coefficient (Wildman–Crippen LogP) is 0.539. The van der Waals surface area contributed by atoms with E-state index in [1.165, 1.54) is 19.2 Å². The quantitative estimate of drug-likeness (QED) is 0.698. The minimum absolute atomic E-state index is 0.152. The average molecular weight is 256 g/mol. The van der Waals surface area contributed by atoms with Crippen molar-refractivity contribution in [1.29, 1.82) is 0 Å². The normalized spacial score (nSPS) is 10.2. The summed E-state index contributed by atoms with van der Waals surface area (Å²) in [7, 11) is 1.53. The van der Waals surface area contributed by atoms with Gasteiger partial charge < -0.3 is 20.5 Å². The summed E-state index contributed by atoms with van der Waals surface area (Å²) >= 11 is 0. The lowest BCUT2D eigenvalue weighted by atomic mass is 10.2. The molecule has 0 heterocycles. The maximum absolute atomic E-state index is 13.1. The van der Waals surface area contributed by atoms with Gasteiger partial charge >= 0.3 is 0 Å². The second kappa shape index (κ2) is 7.62.